The third-order valence-electron chi connectivity index (χ3n) is 5.33. The molecule has 2 aromatic rings. The molecule has 2 aromatic carbocycles. The molecule has 124 valence electrons. The molecule has 24 heavy (non-hydrogen) atoms. The average molecular weight is 318 g/mol. The lowest BCUT2D eigenvalue weighted by Gasteiger charge is -2.23. The van der Waals surface area contributed by atoms with Gasteiger partial charge in [0.05, 0.1) is 6.10 Å². The van der Waals surface area contributed by atoms with E-state index in [9.17, 15) is 0 Å². The van der Waals surface area contributed by atoms with Crippen LogP contribution in [0.2, 0.25) is 0 Å². The first-order chi connectivity index (χ1) is 11.9. The van der Waals surface area contributed by atoms with Gasteiger partial charge < -0.3 is 4.74 Å². The lowest BCUT2D eigenvalue weighted by Crippen LogP contribution is -2.19. The molecule has 0 N–H and O–H groups in total. The van der Waals surface area contributed by atoms with E-state index in [2.05, 4.69) is 54.6 Å². The molecule has 0 aromatic heterocycles. The molecule has 1 nitrogen and oxygen atoms in total. The van der Waals surface area contributed by atoms with E-state index < -0.39 is 0 Å². The highest BCUT2D eigenvalue weighted by molar-refractivity contribution is 5.82. The molecule has 4 rings (SSSR count). The van der Waals surface area contributed by atoms with E-state index in [0.29, 0.717) is 6.10 Å². The molecule has 2 aliphatic rings. The second kappa shape index (κ2) is 7.25. The summed E-state index contributed by atoms with van der Waals surface area (Å²) in [4.78, 5) is 0. The summed E-state index contributed by atoms with van der Waals surface area (Å²) in [6.45, 7) is 0. The fourth-order valence-corrected chi connectivity index (χ4v) is 4.01. The van der Waals surface area contributed by atoms with Gasteiger partial charge in [-0.3, -0.25) is 0 Å². The Labute approximate surface area is 145 Å². The zero-order valence-corrected chi connectivity index (χ0v) is 14.3. The number of rotatable bonds is 3. The number of hydrogen-bond donors (Lipinski definition) is 0. The van der Waals surface area contributed by atoms with Crippen LogP contribution in [0.4, 0.5) is 0 Å². The summed E-state index contributed by atoms with van der Waals surface area (Å²) in [5, 5.41) is 0. The van der Waals surface area contributed by atoms with Crippen LogP contribution in [0.15, 0.2) is 54.6 Å². The Morgan fingerprint density at radius 1 is 0.792 bits per heavy atom. The second-order valence-electron chi connectivity index (χ2n) is 7.07. The van der Waals surface area contributed by atoms with Crippen LogP contribution in [-0.4, -0.2) is 6.10 Å². The molecule has 0 amide bonds. The highest BCUT2D eigenvalue weighted by Gasteiger charge is 2.16. The summed E-state index contributed by atoms with van der Waals surface area (Å²) in [6.07, 6.45) is 12.8. The van der Waals surface area contributed by atoms with Crippen LogP contribution in [0.5, 0.6) is 5.75 Å². The van der Waals surface area contributed by atoms with Crippen molar-refractivity contribution in [3.63, 3.8) is 0 Å². The first kappa shape index (κ1) is 15.5. The van der Waals surface area contributed by atoms with Crippen molar-refractivity contribution in [3.05, 3.63) is 71.3 Å². The Hall–Kier alpha value is -2.02. The molecule has 0 heterocycles. The van der Waals surface area contributed by atoms with Crippen LogP contribution in [-0.2, 0) is 6.42 Å². The van der Waals surface area contributed by atoms with Gasteiger partial charge in [0.2, 0.25) is 0 Å². The molecule has 0 bridgehead atoms. The zero-order valence-electron chi connectivity index (χ0n) is 14.3. The highest BCUT2D eigenvalue weighted by Crippen LogP contribution is 2.32. The van der Waals surface area contributed by atoms with Crippen molar-refractivity contribution >= 4 is 5.57 Å². The fraction of sp³-hybridized carbons (Fsp3) is 0.391. The van der Waals surface area contributed by atoms with Gasteiger partial charge in [-0.15, -0.1) is 0 Å². The largest absolute Gasteiger partial charge is 0.490 e. The first-order valence-electron chi connectivity index (χ1n) is 9.46. The van der Waals surface area contributed by atoms with Gasteiger partial charge in [-0.2, -0.15) is 0 Å². The topological polar surface area (TPSA) is 9.23 Å². The van der Waals surface area contributed by atoms with Crippen molar-refractivity contribution in [1.29, 1.82) is 0 Å². The van der Waals surface area contributed by atoms with E-state index in [-0.39, 0.29) is 0 Å². The van der Waals surface area contributed by atoms with Crippen molar-refractivity contribution in [3.8, 4) is 5.75 Å². The molecule has 0 unspecified atom stereocenters. The number of aryl methyl sites for hydroxylation is 1. The van der Waals surface area contributed by atoms with Crippen LogP contribution in [0.3, 0.4) is 0 Å². The number of allylic oxidation sites excluding steroid dienone is 1. The number of ether oxygens (including phenoxy) is 1. The fourth-order valence-electron chi connectivity index (χ4n) is 4.01. The van der Waals surface area contributed by atoms with Crippen molar-refractivity contribution < 1.29 is 4.74 Å². The van der Waals surface area contributed by atoms with Crippen LogP contribution < -0.4 is 4.74 Å². The second-order valence-corrected chi connectivity index (χ2v) is 7.07. The predicted octanol–water partition coefficient (Wildman–Crippen LogP) is 6.17. The summed E-state index contributed by atoms with van der Waals surface area (Å²) in [7, 11) is 0. The predicted molar refractivity (Wildman–Crippen MR) is 100 cm³/mol. The van der Waals surface area contributed by atoms with Gasteiger partial charge in [-0.05, 0) is 79.3 Å². The number of benzene rings is 2. The smallest absolute Gasteiger partial charge is 0.119 e. The van der Waals surface area contributed by atoms with Crippen molar-refractivity contribution in [1.82, 2.24) is 0 Å². The minimum atomic E-state index is 0.419. The molecule has 0 aliphatic heterocycles. The maximum absolute atomic E-state index is 6.17. The summed E-state index contributed by atoms with van der Waals surface area (Å²) in [5.41, 5.74) is 5.56. The van der Waals surface area contributed by atoms with Crippen LogP contribution >= 0.6 is 0 Å². The van der Waals surface area contributed by atoms with Crippen LogP contribution in [0.1, 0.15) is 61.6 Å². The Kier molecular flexibility index (Phi) is 4.69. The summed E-state index contributed by atoms with van der Waals surface area (Å²) < 4.78 is 6.17. The van der Waals surface area contributed by atoms with Crippen molar-refractivity contribution in [2.45, 2.75) is 57.5 Å². The Morgan fingerprint density at radius 2 is 1.58 bits per heavy atom. The van der Waals surface area contributed by atoms with E-state index in [0.717, 1.165) is 12.2 Å². The van der Waals surface area contributed by atoms with Gasteiger partial charge in [0.25, 0.3) is 0 Å². The van der Waals surface area contributed by atoms with Crippen molar-refractivity contribution in [2.75, 3.05) is 0 Å². The summed E-state index contributed by atoms with van der Waals surface area (Å²) in [6, 6.07) is 17.6. The molecule has 1 saturated carbocycles. The molecule has 0 atom stereocenters. The molecular weight excluding hydrogens is 292 g/mol. The Morgan fingerprint density at radius 3 is 2.42 bits per heavy atom. The van der Waals surface area contributed by atoms with Crippen LogP contribution in [0.25, 0.3) is 5.57 Å². The lowest BCUT2D eigenvalue weighted by atomic mass is 9.94. The maximum Gasteiger partial charge on any atom is 0.119 e. The molecule has 1 fully saturated rings. The minimum Gasteiger partial charge on any atom is -0.490 e. The van der Waals surface area contributed by atoms with Gasteiger partial charge in [-0.25, -0.2) is 0 Å². The van der Waals surface area contributed by atoms with Crippen LogP contribution in [0, 0.1) is 0 Å². The molecule has 1 heteroatoms. The van der Waals surface area contributed by atoms with E-state index >= 15 is 0 Å². The average Bonchev–Trinajstić information content (AvgIpc) is 2.86. The van der Waals surface area contributed by atoms with Gasteiger partial charge >= 0.3 is 0 Å². The van der Waals surface area contributed by atoms with E-state index in [4.69, 9.17) is 4.74 Å². The number of hydrogen-bond acceptors (Lipinski definition) is 1. The molecular formula is C23H26O. The third-order valence-corrected chi connectivity index (χ3v) is 5.33. The zero-order chi connectivity index (χ0) is 16.2. The molecule has 0 spiro atoms. The SMILES string of the molecule is C1=C(c2ccc(OC3CCCCC3)cc2)c2ccccc2CCC1. The summed E-state index contributed by atoms with van der Waals surface area (Å²) in [5.74, 6) is 1.02. The maximum atomic E-state index is 6.17. The van der Waals surface area contributed by atoms with Gasteiger partial charge in [0.15, 0.2) is 0 Å². The van der Waals surface area contributed by atoms with E-state index in [1.807, 2.05) is 0 Å². The number of fused-ring (bicyclic) bond motifs is 1. The third kappa shape index (κ3) is 3.40. The minimum absolute atomic E-state index is 0.419. The highest BCUT2D eigenvalue weighted by atomic mass is 16.5. The standard InChI is InChI=1S/C23H26O/c1-2-10-20(11-3-1)24-21-16-14-19(15-17-21)23-13-7-5-9-18-8-4-6-12-22(18)23/h4,6,8,12-17,20H,1-3,5,7,9-11H2. The van der Waals surface area contributed by atoms with Crippen molar-refractivity contribution in [2.24, 2.45) is 0 Å². The summed E-state index contributed by atoms with van der Waals surface area (Å²) >= 11 is 0. The molecule has 2 aliphatic carbocycles. The van der Waals surface area contributed by atoms with Gasteiger partial charge in [-0.1, -0.05) is 48.9 Å². The Balaban J connectivity index is 1.55. The monoisotopic (exact) mass is 318 g/mol. The van der Waals surface area contributed by atoms with Gasteiger partial charge in [0, 0.05) is 0 Å². The quantitative estimate of drug-likeness (QED) is 0.658. The van der Waals surface area contributed by atoms with Gasteiger partial charge in [0.1, 0.15) is 5.75 Å². The molecule has 0 saturated heterocycles. The Bertz CT molecular complexity index is 705. The lowest BCUT2D eigenvalue weighted by molar-refractivity contribution is 0.155. The molecule has 0 radical (unpaired) electrons. The first-order valence-corrected chi connectivity index (χ1v) is 9.46. The van der Waals surface area contributed by atoms with E-state index in [1.54, 1.807) is 0 Å². The van der Waals surface area contributed by atoms with E-state index in [1.165, 1.54) is 67.2 Å². The normalized spacial score (nSPS) is 18.4.